The zero-order valence-corrected chi connectivity index (χ0v) is 44.7. The lowest BCUT2D eigenvalue weighted by molar-refractivity contribution is 0.122. The number of aromatic nitrogens is 12. The van der Waals surface area contributed by atoms with Crippen LogP contribution in [0.1, 0.15) is 96.8 Å². The standard InChI is InChI=1S/C17H17F2N5.C16H16F2N6.C16H15F2N5O.3C2H6/c18-16(19)12-4-5-14-21-10-13(24(14)11-12)17-20-7-6-15(22-17)23-8-2-1-3-9-23;17-15(18)11-1-2-13-21-9-12(24(13)10-11)16-20-4-3-14(22-16)23-7-5-19-6-8-23;17-15(18)11-1-2-13-20-9-12(23(13)10-11)16-19-4-3-14(21-16)22-5-7-24-8-6-22;3*1-2/h4-7,10-11,16H,1-3,8-9H2;1-4,9-10,15,19H,5-8H2;1-4,9-10,15H,5-8H2;3*1-2H3. The molecule has 0 aromatic carbocycles. The Morgan fingerprint density at radius 3 is 1.09 bits per heavy atom. The average Bonchev–Trinajstić information content (AvgIpc) is 4.29. The summed E-state index contributed by atoms with van der Waals surface area (Å²) < 4.78 is 88.0. The van der Waals surface area contributed by atoms with E-state index in [1.165, 1.54) is 43.2 Å². The van der Waals surface area contributed by atoms with Crippen molar-refractivity contribution in [2.75, 3.05) is 80.3 Å². The van der Waals surface area contributed by atoms with Crippen molar-refractivity contribution < 1.29 is 31.1 Å². The van der Waals surface area contributed by atoms with Gasteiger partial charge in [-0.2, -0.15) is 0 Å². The van der Waals surface area contributed by atoms with Gasteiger partial charge < -0.3 is 24.8 Å². The van der Waals surface area contributed by atoms with E-state index in [0.29, 0.717) is 64.7 Å². The Kier molecular flexibility index (Phi) is 21.2. The maximum Gasteiger partial charge on any atom is 0.265 e. The maximum atomic E-state index is 13.0. The van der Waals surface area contributed by atoms with Gasteiger partial charge in [-0.05, 0) is 73.9 Å². The first-order valence-electron chi connectivity index (χ1n) is 26.5. The van der Waals surface area contributed by atoms with Crippen LogP contribution in [0.4, 0.5) is 43.8 Å². The SMILES string of the molecule is CC.CC.CC.FC(F)c1ccc2ncc(-c3nccc(N4CCCCC4)n3)n2c1.FC(F)c1ccc2ncc(-c3nccc(N4CCNCC4)n3)n2c1.FC(F)c1ccc2ncc(-c3nccc(N4CCOCC4)n3)n2c1. The molecular formula is C55H66F6N16O. The lowest BCUT2D eigenvalue weighted by Gasteiger charge is -2.28. The molecule has 3 aliphatic rings. The molecule has 9 aromatic rings. The van der Waals surface area contributed by atoms with Crippen molar-refractivity contribution in [3.63, 3.8) is 0 Å². The fourth-order valence-electron chi connectivity index (χ4n) is 8.63. The number of nitrogens with one attached hydrogen (secondary N) is 1. The number of anilines is 3. The summed E-state index contributed by atoms with van der Waals surface area (Å²) in [4.78, 5) is 46.0. The summed E-state index contributed by atoms with van der Waals surface area (Å²) in [6.07, 6.45) is 10.1. The van der Waals surface area contributed by atoms with Crippen LogP contribution in [0.5, 0.6) is 0 Å². The fraction of sp³-hybridized carbons (Fsp3) is 0.400. The number of piperazine rings is 1. The molecule has 3 saturated heterocycles. The number of hydrogen-bond donors (Lipinski definition) is 1. The van der Waals surface area contributed by atoms with Crippen LogP contribution in [0.3, 0.4) is 0 Å². The van der Waals surface area contributed by atoms with Gasteiger partial charge in [0.1, 0.15) is 51.5 Å². The summed E-state index contributed by atoms with van der Waals surface area (Å²) in [5.41, 5.74) is 3.40. The normalized spacial score (nSPS) is 14.4. The quantitative estimate of drug-likeness (QED) is 0.136. The van der Waals surface area contributed by atoms with Crippen LogP contribution >= 0.6 is 0 Å². The van der Waals surface area contributed by atoms with Gasteiger partial charge in [0.2, 0.25) is 0 Å². The molecule has 0 radical (unpaired) electrons. The number of morpholine rings is 1. The summed E-state index contributed by atoms with van der Waals surface area (Å²) >= 11 is 0. The highest BCUT2D eigenvalue weighted by Crippen LogP contribution is 2.28. The van der Waals surface area contributed by atoms with E-state index in [0.717, 1.165) is 82.7 Å². The third kappa shape index (κ3) is 14.0. The number of hydrogen-bond acceptors (Lipinski definition) is 14. The monoisotopic (exact) mass is 1080 g/mol. The van der Waals surface area contributed by atoms with E-state index < -0.39 is 19.3 Å². The molecule has 0 bridgehead atoms. The van der Waals surface area contributed by atoms with Crippen LogP contribution in [0.25, 0.3) is 51.5 Å². The third-order valence-corrected chi connectivity index (χ3v) is 12.4. The molecule has 0 saturated carbocycles. The van der Waals surface area contributed by atoms with Gasteiger partial charge in [0, 0.05) is 106 Å². The molecule has 12 rings (SSSR count). The van der Waals surface area contributed by atoms with E-state index in [4.69, 9.17) is 4.74 Å². The summed E-state index contributed by atoms with van der Waals surface area (Å²) in [5, 5.41) is 3.30. The van der Waals surface area contributed by atoms with Crippen LogP contribution in [-0.4, -0.2) is 124 Å². The number of imidazole rings is 3. The van der Waals surface area contributed by atoms with Crippen LogP contribution in [0, 0.1) is 0 Å². The van der Waals surface area contributed by atoms with E-state index in [1.54, 1.807) is 68.6 Å². The smallest absolute Gasteiger partial charge is 0.265 e. The second-order valence-corrected chi connectivity index (χ2v) is 17.0. The molecule has 0 aliphatic carbocycles. The van der Waals surface area contributed by atoms with Crippen molar-refractivity contribution in [3.05, 3.63) is 127 Å². The molecule has 3 aliphatic heterocycles. The topological polar surface area (TPSA) is 160 Å². The number of rotatable bonds is 9. The molecule has 23 heteroatoms. The van der Waals surface area contributed by atoms with Crippen molar-refractivity contribution >= 4 is 34.4 Å². The van der Waals surface area contributed by atoms with Crippen LogP contribution < -0.4 is 20.0 Å². The Morgan fingerprint density at radius 1 is 0.410 bits per heavy atom. The Balaban J connectivity index is 0.000000162. The van der Waals surface area contributed by atoms with Crippen molar-refractivity contribution in [2.45, 2.75) is 80.1 Å². The lowest BCUT2D eigenvalue weighted by atomic mass is 10.1. The van der Waals surface area contributed by atoms with Gasteiger partial charge in [-0.3, -0.25) is 13.2 Å². The summed E-state index contributed by atoms with van der Waals surface area (Å²) in [6.45, 7) is 20.4. The molecule has 0 amide bonds. The minimum atomic E-state index is -2.54. The highest BCUT2D eigenvalue weighted by molar-refractivity contribution is 5.62. The van der Waals surface area contributed by atoms with Crippen LogP contribution in [-0.2, 0) is 4.74 Å². The van der Waals surface area contributed by atoms with E-state index in [2.05, 4.69) is 64.9 Å². The summed E-state index contributed by atoms with van der Waals surface area (Å²) in [7, 11) is 0. The molecular weight excluding hydrogens is 1010 g/mol. The molecule has 0 spiro atoms. The molecule has 1 N–H and O–H groups in total. The van der Waals surface area contributed by atoms with Gasteiger partial charge in [-0.1, -0.05) is 41.5 Å². The second-order valence-electron chi connectivity index (χ2n) is 17.0. The number of halogens is 6. The Bertz CT molecular complexity index is 2920. The van der Waals surface area contributed by atoms with E-state index in [9.17, 15) is 26.3 Å². The number of fused-ring (bicyclic) bond motifs is 3. The molecule has 0 unspecified atom stereocenters. The van der Waals surface area contributed by atoms with Crippen molar-refractivity contribution in [2.24, 2.45) is 0 Å². The van der Waals surface area contributed by atoms with Crippen molar-refractivity contribution in [1.82, 2.24) is 63.4 Å². The van der Waals surface area contributed by atoms with Crippen molar-refractivity contribution in [1.29, 1.82) is 0 Å². The molecule has 0 atom stereocenters. The zero-order chi connectivity index (χ0) is 55.6. The fourth-order valence-corrected chi connectivity index (χ4v) is 8.63. The lowest BCUT2D eigenvalue weighted by Crippen LogP contribution is -2.43. The molecule has 9 aromatic heterocycles. The number of alkyl halides is 6. The van der Waals surface area contributed by atoms with Gasteiger partial charge in [0.15, 0.2) is 17.5 Å². The predicted octanol–water partition coefficient (Wildman–Crippen LogP) is 11.5. The number of piperidine rings is 1. The first kappa shape index (κ1) is 57.9. The first-order valence-corrected chi connectivity index (χ1v) is 26.5. The molecule has 12 heterocycles. The third-order valence-electron chi connectivity index (χ3n) is 12.4. The molecule has 17 nitrogen and oxygen atoms in total. The van der Waals surface area contributed by atoms with E-state index in [-0.39, 0.29) is 16.7 Å². The first-order chi connectivity index (χ1) is 38.2. The maximum absolute atomic E-state index is 13.0. The molecule has 3 fully saturated rings. The van der Waals surface area contributed by atoms with Crippen LogP contribution in [0.15, 0.2) is 110 Å². The summed E-state index contributed by atoms with van der Waals surface area (Å²) in [6, 6.07) is 14.5. The number of ether oxygens (including phenoxy) is 1. The minimum Gasteiger partial charge on any atom is -0.378 e. The largest absolute Gasteiger partial charge is 0.378 e. The summed E-state index contributed by atoms with van der Waals surface area (Å²) in [5.74, 6) is 3.93. The minimum absolute atomic E-state index is 0.0473. The van der Waals surface area contributed by atoms with E-state index in [1.807, 2.05) is 59.7 Å². The Labute approximate surface area is 449 Å². The molecule has 414 valence electrons. The second kappa shape index (κ2) is 28.5. The van der Waals surface area contributed by atoms with E-state index >= 15 is 0 Å². The number of nitrogens with zero attached hydrogens (tertiary/aromatic N) is 15. The van der Waals surface area contributed by atoms with Gasteiger partial charge >= 0.3 is 0 Å². The van der Waals surface area contributed by atoms with Crippen LogP contribution in [0.2, 0.25) is 0 Å². The van der Waals surface area contributed by atoms with Gasteiger partial charge in [-0.15, -0.1) is 0 Å². The Hall–Kier alpha value is -7.79. The average molecular weight is 1080 g/mol. The highest BCUT2D eigenvalue weighted by atomic mass is 19.3. The predicted molar refractivity (Wildman–Crippen MR) is 292 cm³/mol. The zero-order valence-electron chi connectivity index (χ0n) is 44.7. The Morgan fingerprint density at radius 2 is 0.744 bits per heavy atom. The molecule has 78 heavy (non-hydrogen) atoms. The van der Waals surface area contributed by atoms with Gasteiger partial charge in [0.05, 0.1) is 31.8 Å². The van der Waals surface area contributed by atoms with Gasteiger partial charge in [-0.25, -0.2) is 71.2 Å². The number of pyridine rings is 3. The van der Waals surface area contributed by atoms with Gasteiger partial charge in [0.25, 0.3) is 19.3 Å². The van der Waals surface area contributed by atoms with Crippen molar-refractivity contribution in [3.8, 4) is 34.6 Å². The highest BCUT2D eigenvalue weighted by Gasteiger charge is 2.20.